The average Bonchev–Trinajstić information content (AvgIpc) is 3.19. The molecule has 8 rings (SSSR count). The van der Waals surface area contributed by atoms with Gasteiger partial charge in [-0.2, -0.15) is 0 Å². The fourth-order valence-electron chi connectivity index (χ4n) is 6.10. The second kappa shape index (κ2) is 13.1. The maximum absolute atomic E-state index is 5.09. The molecule has 0 saturated heterocycles. The third kappa shape index (κ3) is 6.05. The van der Waals surface area contributed by atoms with Crippen LogP contribution in [0.1, 0.15) is 0 Å². The molecule has 0 aliphatic carbocycles. The van der Waals surface area contributed by atoms with Gasteiger partial charge in [0.25, 0.3) is 0 Å². The van der Waals surface area contributed by atoms with Crippen molar-refractivity contribution in [2.24, 2.45) is 0 Å². The van der Waals surface area contributed by atoms with Gasteiger partial charge < -0.3 is 0 Å². The Bertz CT molecular complexity index is 2310. The molecule has 48 heavy (non-hydrogen) atoms. The highest BCUT2D eigenvalue weighted by Gasteiger charge is 2.15. The van der Waals surface area contributed by atoms with Crippen LogP contribution in [0.4, 0.5) is 0 Å². The minimum atomic E-state index is 0.631. The molecule has 0 bridgehead atoms. The fourth-order valence-corrected chi connectivity index (χ4v) is 6.10. The third-order valence-electron chi connectivity index (χ3n) is 8.56. The van der Waals surface area contributed by atoms with Gasteiger partial charge in [0, 0.05) is 16.7 Å². The molecule has 0 atom stereocenters. The van der Waals surface area contributed by atoms with E-state index in [1.54, 1.807) is 0 Å². The van der Waals surface area contributed by atoms with E-state index in [0.29, 0.717) is 17.5 Å². The molecule has 226 valence electrons. The van der Waals surface area contributed by atoms with Crippen LogP contribution in [0.25, 0.3) is 78.7 Å². The minimum Gasteiger partial charge on any atom is -0.208 e. The number of aromatic nitrogens is 3. The van der Waals surface area contributed by atoms with Gasteiger partial charge in [-0.05, 0) is 56.6 Å². The van der Waals surface area contributed by atoms with Gasteiger partial charge >= 0.3 is 0 Å². The van der Waals surface area contributed by atoms with Gasteiger partial charge in [0.15, 0.2) is 17.5 Å². The molecule has 3 nitrogen and oxygen atoms in total. The highest BCUT2D eigenvalue weighted by molar-refractivity contribution is 5.85. The Labute approximate surface area is 280 Å². The minimum absolute atomic E-state index is 0.631. The SMILES string of the molecule is c1ccc(-c2ccc(-c3nc(-c4cccc(-c5ccccc5)c4)nc(-c4cccc(-c5ccccc5-c5ccccc5)c4)n3)cc2)cc1. The molecule has 7 aromatic carbocycles. The summed E-state index contributed by atoms with van der Waals surface area (Å²) < 4.78 is 0. The monoisotopic (exact) mass is 613 g/mol. The van der Waals surface area contributed by atoms with Crippen LogP contribution in [0.5, 0.6) is 0 Å². The van der Waals surface area contributed by atoms with E-state index in [4.69, 9.17) is 15.0 Å². The second-order valence-corrected chi connectivity index (χ2v) is 11.7. The first kappa shape index (κ1) is 29.0. The topological polar surface area (TPSA) is 38.7 Å². The quantitative estimate of drug-likeness (QED) is 0.179. The molecule has 0 fully saturated rings. The summed E-state index contributed by atoms with van der Waals surface area (Å²) in [5.74, 6) is 1.90. The molecule has 0 aliphatic rings. The van der Waals surface area contributed by atoms with Crippen LogP contribution < -0.4 is 0 Å². The van der Waals surface area contributed by atoms with Crippen LogP contribution in [0.15, 0.2) is 188 Å². The molecule has 0 spiro atoms. The second-order valence-electron chi connectivity index (χ2n) is 11.7. The van der Waals surface area contributed by atoms with Crippen molar-refractivity contribution < 1.29 is 0 Å². The summed E-state index contributed by atoms with van der Waals surface area (Å²) >= 11 is 0. The van der Waals surface area contributed by atoms with Crippen molar-refractivity contribution in [2.75, 3.05) is 0 Å². The summed E-state index contributed by atoms with van der Waals surface area (Å²) in [5.41, 5.74) is 12.0. The van der Waals surface area contributed by atoms with Crippen LogP contribution >= 0.6 is 0 Å². The number of nitrogens with zero attached hydrogens (tertiary/aromatic N) is 3. The summed E-state index contributed by atoms with van der Waals surface area (Å²) in [6.07, 6.45) is 0. The molecular formula is C45H31N3. The standard InChI is InChI=1S/C45H31N3/c1-4-14-32(15-5-1)34-26-28-36(29-27-34)43-46-44(39-22-12-20-37(30-39)33-16-6-2-7-17-33)48-45(47-43)40-23-13-21-38(31-40)42-25-11-10-24-41(42)35-18-8-3-9-19-35/h1-31H. The van der Waals surface area contributed by atoms with Crippen molar-refractivity contribution in [3.63, 3.8) is 0 Å². The van der Waals surface area contributed by atoms with E-state index >= 15 is 0 Å². The molecule has 0 aliphatic heterocycles. The Kier molecular flexibility index (Phi) is 7.92. The van der Waals surface area contributed by atoms with Crippen LogP contribution in [0, 0.1) is 0 Å². The first-order valence-corrected chi connectivity index (χ1v) is 16.1. The van der Waals surface area contributed by atoms with Gasteiger partial charge in [0.2, 0.25) is 0 Å². The Morgan fingerprint density at radius 1 is 0.208 bits per heavy atom. The molecule has 8 aromatic rings. The lowest BCUT2D eigenvalue weighted by atomic mass is 9.94. The largest absolute Gasteiger partial charge is 0.208 e. The maximum Gasteiger partial charge on any atom is 0.164 e. The molecular weight excluding hydrogens is 583 g/mol. The summed E-state index contributed by atoms with van der Waals surface area (Å²) in [6, 6.07) is 65.2. The van der Waals surface area contributed by atoms with Gasteiger partial charge in [-0.1, -0.05) is 176 Å². The normalized spacial score (nSPS) is 10.9. The van der Waals surface area contributed by atoms with E-state index in [-0.39, 0.29) is 0 Å². The molecule has 0 unspecified atom stereocenters. The van der Waals surface area contributed by atoms with Crippen molar-refractivity contribution in [2.45, 2.75) is 0 Å². The summed E-state index contributed by atoms with van der Waals surface area (Å²) in [5, 5.41) is 0. The third-order valence-corrected chi connectivity index (χ3v) is 8.56. The van der Waals surface area contributed by atoms with E-state index in [0.717, 1.165) is 44.5 Å². The van der Waals surface area contributed by atoms with E-state index in [2.05, 4.69) is 170 Å². The fraction of sp³-hybridized carbons (Fsp3) is 0. The Hall–Kier alpha value is -6.45. The summed E-state index contributed by atoms with van der Waals surface area (Å²) in [4.78, 5) is 15.2. The van der Waals surface area contributed by atoms with Crippen LogP contribution in [-0.2, 0) is 0 Å². The Morgan fingerprint density at radius 3 is 1.10 bits per heavy atom. The van der Waals surface area contributed by atoms with Gasteiger partial charge in [-0.15, -0.1) is 0 Å². The molecule has 0 saturated carbocycles. The first-order valence-electron chi connectivity index (χ1n) is 16.1. The van der Waals surface area contributed by atoms with E-state index < -0.39 is 0 Å². The lowest BCUT2D eigenvalue weighted by Crippen LogP contribution is -2.00. The number of hydrogen-bond donors (Lipinski definition) is 0. The van der Waals surface area contributed by atoms with Crippen LogP contribution in [0.3, 0.4) is 0 Å². The molecule has 3 heteroatoms. The zero-order chi connectivity index (χ0) is 32.1. The zero-order valence-corrected chi connectivity index (χ0v) is 26.2. The molecule has 0 N–H and O–H groups in total. The van der Waals surface area contributed by atoms with E-state index in [1.807, 2.05) is 18.2 Å². The van der Waals surface area contributed by atoms with Crippen molar-refractivity contribution in [3.8, 4) is 78.7 Å². The van der Waals surface area contributed by atoms with E-state index in [1.165, 1.54) is 16.7 Å². The van der Waals surface area contributed by atoms with Crippen LogP contribution in [-0.4, -0.2) is 15.0 Å². The van der Waals surface area contributed by atoms with Gasteiger partial charge in [0.05, 0.1) is 0 Å². The van der Waals surface area contributed by atoms with Crippen molar-refractivity contribution >= 4 is 0 Å². The molecule has 0 radical (unpaired) electrons. The molecule has 1 heterocycles. The predicted molar refractivity (Wildman–Crippen MR) is 198 cm³/mol. The van der Waals surface area contributed by atoms with Crippen LogP contribution in [0.2, 0.25) is 0 Å². The highest BCUT2D eigenvalue weighted by Crippen LogP contribution is 2.35. The van der Waals surface area contributed by atoms with Gasteiger partial charge in [0.1, 0.15) is 0 Å². The van der Waals surface area contributed by atoms with Crippen molar-refractivity contribution in [1.82, 2.24) is 15.0 Å². The number of rotatable bonds is 7. The Morgan fingerprint density at radius 2 is 0.542 bits per heavy atom. The number of benzene rings is 7. The van der Waals surface area contributed by atoms with Crippen molar-refractivity contribution in [3.05, 3.63) is 188 Å². The van der Waals surface area contributed by atoms with Gasteiger partial charge in [-0.3, -0.25) is 0 Å². The lowest BCUT2D eigenvalue weighted by molar-refractivity contribution is 1.07. The summed E-state index contributed by atoms with van der Waals surface area (Å²) in [7, 11) is 0. The first-order chi connectivity index (χ1) is 23.8. The maximum atomic E-state index is 5.09. The zero-order valence-electron chi connectivity index (χ0n) is 26.2. The van der Waals surface area contributed by atoms with E-state index in [9.17, 15) is 0 Å². The predicted octanol–water partition coefficient (Wildman–Crippen LogP) is 11.5. The lowest BCUT2D eigenvalue weighted by Gasteiger charge is -2.13. The average molecular weight is 614 g/mol. The highest BCUT2D eigenvalue weighted by atomic mass is 15.0. The molecule has 1 aromatic heterocycles. The van der Waals surface area contributed by atoms with Crippen molar-refractivity contribution in [1.29, 1.82) is 0 Å². The number of hydrogen-bond acceptors (Lipinski definition) is 3. The Balaban J connectivity index is 1.25. The molecule has 0 amide bonds. The summed E-state index contributed by atoms with van der Waals surface area (Å²) in [6.45, 7) is 0. The smallest absolute Gasteiger partial charge is 0.164 e. The van der Waals surface area contributed by atoms with Gasteiger partial charge in [-0.25, -0.2) is 15.0 Å².